The molecular weight excluding hydrogens is 368 g/mol. The van der Waals surface area contributed by atoms with Crippen LogP contribution < -0.4 is 4.90 Å². The Morgan fingerprint density at radius 2 is 1.93 bits per heavy atom. The second-order valence-electron chi connectivity index (χ2n) is 6.44. The Bertz CT molecular complexity index is 931. The van der Waals surface area contributed by atoms with Crippen molar-refractivity contribution < 1.29 is 17.9 Å². The largest absolute Gasteiger partial charge is 0.462 e. The van der Waals surface area contributed by atoms with Crippen molar-refractivity contribution in [3.63, 3.8) is 0 Å². The van der Waals surface area contributed by atoms with E-state index in [1.54, 1.807) is 6.92 Å². The highest BCUT2D eigenvalue weighted by Gasteiger charge is 2.34. The number of sulfonamides is 1. The number of H-pyrrole nitrogens is 1. The van der Waals surface area contributed by atoms with E-state index in [-0.39, 0.29) is 17.2 Å². The molecule has 0 spiro atoms. The van der Waals surface area contributed by atoms with Crippen LogP contribution in [0.1, 0.15) is 28.4 Å². The molecule has 27 heavy (non-hydrogen) atoms. The second-order valence-corrected chi connectivity index (χ2v) is 8.32. The van der Waals surface area contributed by atoms with E-state index in [1.165, 1.54) is 21.6 Å². The molecule has 9 heteroatoms. The minimum atomic E-state index is -3.85. The molecule has 1 N–H and O–H groups in total. The van der Waals surface area contributed by atoms with Gasteiger partial charge in [0.05, 0.1) is 12.8 Å². The number of nitrogens with one attached hydrogen (secondary N) is 1. The molecule has 1 aromatic heterocycles. The van der Waals surface area contributed by atoms with E-state index in [0.29, 0.717) is 26.2 Å². The summed E-state index contributed by atoms with van der Waals surface area (Å²) in [4.78, 5) is 14.2. The molecule has 0 radical (unpaired) electrons. The molecule has 0 saturated carbocycles. The lowest BCUT2D eigenvalue weighted by Gasteiger charge is -2.36. The standard InChI is InChI=1S/C18H24N4O4S/c1-4-26-18(23)15-12-19-20-17(15)27(24,25)22-10-8-21(9-11-22)16-7-5-6-13(2)14(16)3/h5-7,12H,4,8-11H2,1-3H3,(H,19,20). The van der Waals surface area contributed by atoms with Gasteiger partial charge in [0.25, 0.3) is 10.0 Å². The number of nitrogens with zero attached hydrogens (tertiary/aromatic N) is 3. The van der Waals surface area contributed by atoms with Gasteiger partial charge in [0.15, 0.2) is 5.03 Å². The van der Waals surface area contributed by atoms with Gasteiger partial charge in [-0.05, 0) is 38.0 Å². The third-order valence-electron chi connectivity index (χ3n) is 4.85. The van der Waals surface area contributed by atoms with Gasteiger partial charge in [-0.25, -0.2) is 13.2 Å². The van der Waals surface area contributed by atoms with Gasteiger partial charge in [-0.1, -0.05) is 12.1 Å². The number of benzene rings is 1. The first kappa shape index (κ1) is 19.4. The number of carbonyl (C=O) groups is 1. The Kier molecular flexibility index (Phi) is 5.52. The SMILES string of the molecule is CCOC(=O)c1cn[nH]c1S(=O)(=O)N1CCN(c2cccc(C)c2C)CC1. The molecule has 0 atom stereocenters. The summed E-state index contributed by atoms with van der Waals surface area (Å²) in [6.07, 6.45) is 1.19. The van der Waals surface area contributed by atoms with Crippen LogP contribution >= 0.6 is 0 Å². The van der Waals surface area contributed by atoms with Gasteiger partial charge in [0, 0.05) is 31.9 Å². The highest BCUT2D eigenvalue weighted by molar-refractivity contribution is 7.89. The van der Waals surface area contributed by atoms with Crippen molar-refractivity contribution in [2.45, 2.75) is 25.8 Å². The highest BCUT2D eigenvalue weighted by atomic mass is 32.2. The van der Waals surface area contributed by atoms with E-state index in [0.717, 1.165) is 5.69 Å². The molecule has 1 saturated heterocycles. The minimum absolute atomic E-state index is 0.0613. The number of esters is 1. The van der Waals surface area contributed by atoms with Crippen LogP contribution in [0.15, 0.2) is 29.4 Å². The average Bonchev–Trinajstić information content (AvgIpc) is 3.15. The fourth-order valence-electron chi connectivity index (χ4n) is 3.20. The van der Waals surface area contributed by atoms with Crippen LogP contribution in [0, 0.1) is 13.8 Å². The number of hydrogen-bond donors (Lipinski definition) is 1. The van der Waals surface area contributed by atoms with Crippen LogP contribution in [-0.2, 0) is 14.8 Å². The molecule has 1 aromatic carbocycles. The van der Waals surface area contributed by atoms with Gasteiger partial charge in [-0.3, -0.25) is 5.10 Å². The zero-order valence-electron chi connectivity index (χ0n) is 15.7. The van der Waals surface area contributed by atoms with Gasteiger partial charge in [-0.15, -0.1) is 0 Å². The average molecular weight is 392 g/mol. The zero-order valence-corrected chi connectivity index (χ0v) is 16.5. The number of piperazine rings is 1. The van der Waals surface area contributed by atoms with E-state index in [9.17, 15) is 13.2 Å². The fraction of sp³-hybridized carbons (Fsp3) is 0.444. The van der Waals surface area contributed by atoms with E-state index in [1.807, 2.05) is 6.07 Å². The van der Waals surface area contributed by atoms with E-state index in [2.05, 4.69) is 41.1 Å². The number of carbonyl (C=O) groups excluding carboxylic acids is 1. The maximum atomic E-state index is 13.0. The summed E-state index contributed by atoms with van der Waals surface area (Å²) >= 11 is 0. The first-order valence-corrected chi connectivity index (χ1v) is 10.3. The van der Waals surface area contributed by atoms with Gasteiger partial charge in [0.2, 0.25) is 0 Å². The first-order chi connectivity index (χ1) is 12.9. The van der Waals surface area contributed by atoms with Crippen LogP contribution in [0.25, 0.3) is 0 Å². The quantitative estimate of drug-likeness (QED) is 0.779. The molecule has 2 heterocycles. The van der Waals surface area contributed by atoms with Gasteiger partial charge in [0.1, 0.15) is 5.56 Å². The number of anilines is 1. The maximum Gasteiger partial charge on any atom is 0.342 e. The smallest absolute Gasteiger partial charge is 0.342 e. The summed E-state index contributed by atoms with van der Waals surface area (Å²) < 4.78 is 32.2. The van der Waals surface area contributed by atoms with Crippen molar-refractivity contribution in [2.24, 2.45) is 0 Å². The van der Waals surface area contributed by atoms with Crippen molar-refractivity contribution in [3.8, 4) is 0 Å². The fourth-order valence-corrected chi connectivity index (χ4v) is 4.69. The van der Waals surface area contributed by atoms with Crippen molar-refractivity contribution in [3.05, 3.63) is 41.1 Å². The zero-order chi connectivity index (χ0) is 19.6. The first-order valence-electron chi connectivity index (χ1n) is 8.88. The molecule has 2 aromatic rings. The summed E-state index contributed by atoms with van der Waals surface area (Å²) in [6, 6.07) is 6.13. The highest BCUT2D eigenvalue weighted by Crippen LogP contribution is 2.26. The molecule has 0 bridgehead atoms. The molecule has 1 aliphatic rings. The molecule has 1 fully saturated rings. The van der Waals surface area contributed by atoms with Gasteiger partial charge >= 0.3 is 5.97 Å². The molecule has 1 aliphatic heterocycles. The number of rotatable bonds is 5. The minimum Gasteiger partial charge on any atom is -0.462 e. The molecular formula is C18H24N4O4S. The number of aromatic nitrogens is 2. The Hall–Kier alpha value is -2.39. The Balaban J connectivity index is 1.77. The van der Waals surface area contributed by atoms with Crippen LogP contribution in [0.3, 0.4) is 0 Å². The third kappa shape index (κ3) is 3.70. The molecule has 0 unspecified atom stereocenters. The van der Waals surface area contributed by atoms with Crippen LogP contribution in [-0.4, -0.2) is 61.7 Å². The molecule has 0 aliphatic carbocycles. The monoisotopic (exact) mass is 392 g/mol. The predicted molar refractivity (Wildman–Crippen MR) is 101 cm³/mol. The predicted octanol–water partition coefficient (Wildman–Crippen LogP) is 1.71. The van der Waals surface area contributed by atoms with Crippen molar-refractivity contribution in [1.29, 1.82) is 0 Å². The maximum absolute atomic E-state index is 13.0. The second kappa shape index (κ2) is 7.69. The molecule has 0 amide bonds. The van der Waals surface area contributed by atoms with Crippen molar-refractivity contribution >= 4 is 21.7 Å². The van der Waals surface area contributed by atoms with E-state index in [4.69, 9.17) is 4.74 Å². The normalized spacial score (nSPS) is 15.7. The van der Waals surface area contributed by atoms with Crippen LogP contribution in [0.2, 0.25) is 0 Å². The Morgan fingerprint density at radius 3 is 2.59 bits per heavy atom. The van der Waals surface area contributed by atoms with Gasteiger partial charge < -0.3 is 9.64 Å². The van der Waals surface area contributed by atoms with E-state index >= 15 is 0 Å². The molecule has 8 nitrogen and oxygen atoms in total. The summed E-state index contributed by atoms with van der Waals surface area (Å²) in [6.45, 7) is 7.78. The summed E-state index contributed by atoms with van der Waals surface area (Å²) in [5.41, 5.74) is 3.47. The summed E-state index contributed by atoms with van der Waals surface area (Å²) in [7, 11) is -3.85. The van der Waals surface area contributed by atoms with Gasteiger partial charge in [-0.2, -0.15) is 9.40 Å². The Morgan fingerprint density at radius 1 is 1.22 bits per heavy atom. The third-order valence-corrected chi connectivity index (χ3v) is 6.73. The number of aromatic amines is 1. The topological polar surface area (TPSA) is 95.6 Å². The summed E-state index contributed by atoms with van der Waals surface area (Å²) in [5, 5.41) is 5.97. The number of ether oxygens (including phenoxy) is 1. The number of hydrogen-bond acceptors (Lipinski definition) is 6. The van der Waals surface area contributed by atoms with E-state index < -0.39 is 16.0 Å². The van der Waals surface area contributed by atoms with Crippen LogP contribution in [0.4, 0.5) is 5.69 Å². The lowest BCUT2D eigenvalue weighted by Crippen LogP contribution is -2.49. The Labute approximate surface area is 159 Å². The van der Waals surface area contributed by atoms with Crippen molar-refractivity contribution in [1.82, 2.24) is 14.5 Å². The van der Waals surface area contributed by atoms with Crippen molar-refractivity contribution in [2.75, 3.05) is 37.7 Å². The lowest BCUT2D eigenvalue weighted by molar-refractivity contribution is 0.0521. The summed E-state index contributed by atoms with van der Waals surface area (Å²) in [5.74, 6) is -0.696. The molecule has 3 rings (SSSR count). The molecule has 146 valence electrons. The lowest BCUT2D eigenvalue weighted by atomic mass is 10.1. The number of aryl methyl sites for hydroxylation is 1. The van der Waals surface area contributed by atoms with Crippen LogP contribution in [0.5, 0.6) is 0 Å².